The highest BCUT2D eigenvalue weighted by atomic mass is 32.2. The average molecular weight is 526 g/mol. The van der Waals surface area contributed by atoms with E-state index in [4.69, 9.17) is 0 Å². The number of hydrogen-bond acceptors (Lipinski definition) is 4. The number of sulfonamides is 1. The Morgan fingerprint density at radius 3 is 2.57 bits per heavy atom. The van der Waals surface area contributed by atoms with Crippen LogP contribution in [0.4, 0.5) is 8.78 Å². The van der Waals surface area contributed by atoms with Crippen molar-refractivity contribution in [3.05, 3.63) is 83.2 Å². The van der Waals surface area contributed by atoms with E-state index in [-0.39, 0.29) is 35.1 Å². The first-order valence-corrected chi connectivity index (χ1v) is 14.0. The average Bonchev–Trinajstić information content (AvgIpc) is 3.32. The van der Waals surface area contributed by atoms with E-state index in [1.165, 1.54) is 40.2 Å². The molecule has 2 atom stereocenters. The zero-order chi connectivity index (χ0) is 26.0. The smallest absolute Gasteiger partial charge is 0.246 e. The summed E-state index contributed by atoms with van der Waals surface area (Å²) < 4.78 is 58.4. The van der Waals surface area contributed by atoms with Gasteiger partial charge in [-0.3, -0.25) is 0 Å². The Hall–Kier alpha value is -2.88. The third-order valence-corrected chi connectivity index (χ3v) is 10.2. The van der Waals surface area contributed by atoms with Crippen molar-refractivity contribution >= 4 is 16.1 Å². The van der Waals surface area contributed by atoms with Gasteiger partial charge >= 0.3 is 0 Å². The molecule has 2 fully saturated rings. The molecule has 0 amide bonds. The molecule has 0 spiro atoms. The molecule has 3 aliphatic carbocycles. The molecule has 9 heteroatoms. The monoisotopic (exact) mass is 525 g/mol. The summed E-state index contributed by atoms with van der Waals surface area (Å²) in [4.78, 5) is -0.357. The van der Waals surface area contributed by atoms with Crippen LogP contribution in [0.15, 0.2) is 65.2 Å². The van der Waals surface area contributed by atoms with Crippen LogP contribution in [0.3, 0.4) is 0 Å². The molecule has 1 heterocycles. The molecular weight excluding hydrogens is 496 g/mol. The highest BCUT2D eigenvalue weighted by molar-refractivity contribution is 7.89. The summed E-state index contributed by atoms with van der Waals surface area (Å²) in [5, 5.41) is 15.2. The van der Waals surface area contributed by atoms with Crippen molar-refractivity contribution < 1.29 is 22.3 Å². The van der Waals surface area contributed by atoms with E-state index in [0.717, 1.165) is 35.9 Å². The molecule has 0 aliphatic heterocycles. The molecule has 2 saturated carbocycles. The molecule has 3 aromatic rings. The molecule has 0 unspecified atom stereocenters. The van der Waals surface area contributed by atoms with Crippen molar-refractivity contribution in [2.45, 2.75) is 49.5 Å². The molecule has 6 nitrogen and oxygen atoms in total. The summed E-state index contributed by atoms with van der Waals surface area (Å²) in [6.45, 7) is 2.33. The second kappa shape index (κ2) is 8.58. The van der Waals surface area contributed by atoms with Gasteiger partial charge in [0.15, 0.2) is 0 Å². The first-order chi connectivity index (χ1) is 17.6. The van der Waals surface area contributed by atoms with Crippen LogP contribution in [-0.2, 0) is 16.4 Å². The number of aliphatic hydroxyl groups is 1. The SMILES string of the molecule is C[C@]12Cc3cnn(-c4ccc(F)cc4)c3C=C1CC[C@@H]2CN(CC1(O)CC1)S(=O)(=O)c1ccccc1F. The summed E-state index contributed by atoms with van der Waals surface area (Å²) in [6.07, 6.45) is 7.33. The standard InChI is InChI=1S/C28H29F2N3O3S/c1-27-15-19-16-31-33(23-10-8-22(29)9-11-23)25(19)14-20(27)6-7-21(27)17-32(18-28(34)12-13-28)37(35,36)26-5-3-2-4-24(26)30/h2-5,8-11,14,16,21,34H,6-7,12-13,15,17-18H2,1H3/t21-,27+/m1/s1. The topological polar surface area (TPSA) is 75.4 Å². The van der Waals surface area contributed by atoms with Crippen molar-refractivity contribution in [2.75, 3.05) is 13.1 Å². The number of fused-ring (bicyclic) bond motifs is 2. The Morgan fingerprint density at radius 1 is 1.14 bits per heavy atom. The van der Waals surface area contributed by atoms with Gasteiger partial charge in [0.05, 0.1) is 23.2 Å². The van der Waals surface area contributed by atoms with Crippen molar-refractivity contribution in [1.82, 2.24) is 14.1 Å². The molecule has 194 valence electrons. The van der Waals surface area contributed by atoms with Crippen LogP contribution in [0.5, 0.6) is 0 Å². The Bertz CT molecular complexity index is 1500. The number of nitrogens with zero attached hydrogens (tertiary/aromatic N) is 3. The van der Waals surface area contributed by atoms with Crippen LogP contribution in [0.25, 0.3) is 11.8 Å². The number of hydrogen-bond donors (Lipinski definition) is 1. The summed E-state index contributed by atoms with van der Waals surface area (Å²) >= 11 is 0. The van der Waals surface area contributed by atoms with Crippen LogP contribution in [-0.4, -0.2) is 46.3 Å². The normalized spacial score (nSPS) is 24.0. The summed E-state index contributed by atoms with van der Waals surface area (Å²) in [7, 11) is -4.14. The van der Waals surface area contributed by atoms with Gasteiger partial charge in [-0.05, 0) is 91.5 Å². The number of benzene rings is 2. The predicted molar refractivity (Wildman–Crippen MR) is 135 cm³/mol. The first-order valence-electron chi connectivity index (χ1n) is 12.6. The Kier molecular flexibility index (Phi) is 5.67. The maximum absolute atomic E-state index is 14.6. The minimum absolute atomic E-state index is 0.00929. The van der Waals surface area contributed by atoms with Gasteiger partial charge in [0.25, 0.3) is 0 Å². The molecule has 1 aromatic heterocycles. The molecule has 1 N–H and O–H groups in total. The third kappa shape index (κ3) is 4.23. The zero-order valence-electron chi connectivity index (χ0n) is 20.6. The molecule has 3 aliphatic rings. The van der Waals surface area contributed by atoms with Crippen molar-refractivity contribution in [3.8, 4) is 5.69 Å². The highest BCUT2D eigenvalue weighted by Crippen LogP contribution is 2.54. The lowest BCUT2D eigenvalue weighted by atomic mass is 9.70. The molecule has 6 rings (SSSR count). The van der Waals surface area contributed by atoms with E-state index in [0.29, 0.717) is 19.3 Å². The van der Waals surface area contributed by atoms with E-state index >= 15 is 0 Å². The number of allylic oxidation sites excluding steroid dienone is 1. The Labute approximate surface area is 215 Å². The van der Waals surface area contributed by atoms with Gasteiger partial charge in [-0.25, -0.2) is 21.9 Å². The fourth-order valence-electron chi connectivity index (χ4n) is 5.93. The van der Waals surface area contributed by atoms with E-state index in [1.54, 1.807) is 12.1 Å². The minimum atomic E-state index is -4.14. The van der Waals surface area contributed by atoms with Gasteiger partial charge in [-0.1, -0.05) is 24.6 Å². The first kappa shape index (κ1) is 24.5. The fourth-order valence-corrected chi connectivity index (χ4v) is 7.56. The minimum Gasteiger partial charge on any atom is -0.389 e. The summed E-state index contributed by atoms with van der Waals surface area (Å²) in [5.74, 6) is -1.10. The number of halogens is 2. The van der Waals surface area contributed by atoms with Crippen LogP contribution in [0.1, 0.15) is 43.9 Å². The van der Waals surface area contributed by atoms with E-state index in [2.05, 4.69) is 18.1 Å². The third-order valence-electron chi connectivity index (χ3n) is 8.40. The van der Waals surface area contributed by atoms with E-state index in [9.17, 15) is 22.3 Å². The van der Waals surface area contributed by atoms with Crippen LogP contribution < -0.4 is 0 Å². The van der Waals surface area contributed by atoms with Gasteiger partial charge in [-0.2, -0.15) is 9.40 Å². The lowest BCUT2D eigenvalue weighted by Gasteiger charge is -2.38. The molecule has 0 radical (unpaired) electrons. The van der Waals surface area contributed by atoms with Gasteiger partial charge in [0, 0.05) is 13.1 Å². The maximum atomic E-state index is 14.6. The molecule has 37 heavy (non-hydrogen) atoms. The molecule has 2 aromatic carbocycles. The second-order valence-corrected chi connectivity index (χ2v) is 12.8. The largest absolute Gasteiger partial charge is 0.389 e. The van der Waals surface area contributed by atoms with Crippen LogP contribution in [0.2, 0.25) is 0 Å². The maximum Gasteiger partial charge on any atom is 0.246 e. The van der Waals surface area contributed by atoms with E-state index < -0.39 is 21.4 Å². The second-order valence-electron chi connectivity index (χ2n) is 10.9. The molecular formula is C28H29F2N3O3S. The summed E-state index contributed by atoms with van der Waals surface area (Å²) in [5.41, 5.74) is 2.67. The Balaban J connectivity index is 1.31. The summed E-state index contributed by atoms with van der Waals surface area (Å²) in [6, 6.07) is 11.6. The van der Waals surface area contributed by atoms with Gasteiger partial charge in [0.2, 0.25) is 10.0 Å². The fraction of sp³-hybridized carbons (Fsp3) is 0.393. The zero-order valence-corrected chi connectivity index (χ0v) is 21.4. The van der Waals surface area contributed by atoms with Gasteiger partial charge < -0.3 is 5.11 Å². The molecule has 0 bridgehead atoms. The quantitative estimate of drug-likeness (QED) is 0.484. The van der Waals surface area contributed by atoms with Crippen LogP contribution >= 0.6 is 0 Å². The lowest BCUT2D eigenvalue weighted by Crippen LogP contribution is -2.44. The van der Waals surface area contributed by atoms with Crippen molar-refractivity contribution in [3.63, 3.8) is 0 Å². The van der Waals surface area contributed by atoms with Crippen molar-refractivity contribution in [2.24, 2.45) is 11.3 Å². The number of rotatable bonds is 7. The lowest BCUT2D eigenvalue weighted by molar-refractivity contribution is 0.109. The predicted octanol–water partition coefficient (Wildman–Crippen LogP) is 4.72. The van der Waals surface area contributed by atoms with E-state index in [1.807, 2.05) is 10.9 Å². The van der Waals surface area contributed by atoms with Gasteiger partial charge in [-0.15, -0.1) is 0 Å². The van der Waals surface area contributed by atoms with Crippen LogP contribution in [0, 0.1) is 23.0 Å². The molecule has 0 saturated heterocycles. The Morgan fingerprint density at radius 2 is 1.86 bits per heavy atom. The highest BCUT2D eigenvalue weighted by Gasteiger charge is 2.50. The number of aromatic nitrogens is 2. The van der Waals surface area contributed by atoms with Crippen molar-refractivity contribution in [1.29, 1.82) is 0 Å². The van der Waals surface area contributed by atoms with Gasteiger partial charge in [0.1, 0.15) is 16.5 Å².